The fourth-order valence-electron chi connectivity index (χ4n) is 4.24. The second-order valence-corrected chi connectivity index (χ2v) is 8.05. The van der Waals surface area contributed by atoms with Crippen LogP contribution in [-0.2, 0) is 4.79 Å². The number of nitrogen functional groups attached to an aromatic ring is 1. The molecule has 1 aromatic carbocycles. The summed E-state index contributed by atoms with van der Waals surface area (Å²) in [6.07, 6.45) is 4.72. The molecule has 0 saturated heterocycles. The highest BCUT2D eigenvalue weighted by Gasteiger charge is 2.48. The largest absolute Gasteiger partial charge is 0.495 e. The lowest BCUT2D eigenvalue weighted by molar-refractivity contribution is -0.140. The lowest BCUT2D eigenvalue weighted by Gasteiger charge is -2.31. The SMILES string of the molecule is COc1cc(C(=O)NN)ccc1Nc1ncc2c(n1)N(C1CCCC1)CC(F)(F)C(=O)N2C. The summed E-state index contributed by atoms with van der Waals surface area (Å²) in [7, 11) is 2.74. The van der Waals surface area contributed by atoms with Crippen molar-refractivity contribution in [1.29, 1.82) is 0 Å². The van der Waals surface area contributed by atoms with Gasteiger partial charge in [0.2, 0.25) is 5.95 Å². The number of carbonyl (C=O) groups excluding carboxylic acids is 2. The van der Waals surface area contributed by atoms with Crippen LogP contribution in [0, 0.1) is 0 Å². The maximum Gasteiger partial charge on any atom is 0.342 e. The van der Waals surface area contributed by atoms with E-state index in [4.69, 9.17) is 10.6 Å². The molecule has 176 valence electrons. The van der Waals surface area contributed by atoms with Crippen LogP contribution >= 0.6 is 0 Å². The number of rotatable bonds is 5. The van der Waals surface area contributed by atoms with E-state index >= 15 is 0 Å². The summed E-state index contributed by atoms with van der Waals surface area (Å²) < 4.78 is 34.7. The number of aromatic nitrogens is 2. The average Bonchev–Trinajstić information content (AvgIpc) is 3.34. The summed E-state index contributed by atoms with van der Waals surface area (Å²) in [5.74, 6) is 0.598. The summed E-state index contributed by atoms with van der Waals surface area (Å²) in [5.41, 5.74) is 3.02. The second-order valence-electron chi connectivity index (χ2n) is 8.05. The van der Waals surface area contributed by atoms with Crippen LogP contribution in [0.25, 0.3) is 0 Å². The van der Waals surface area contributed by atoms with Gasteiger partial charge in [-0.05, 0) is 31.0 Å². The number of hydrazine groups is 1. The van der Waals surface area contributed by atoms with Gasteiger partial charge in [-0.2, -0.15) is 13.8 Å². The zero-order valence-corrected chi connectivity index (χ0v) is 18.3. The Morgan fingerprint density at radius 1 is 1.30 bits per heavy atom. The second kappa shape index (κ2) is 8.77. The Kier molecular flexibility index (Phi) is 6.02. The van der Waals surface area contributed by atoms with Crippen molar-refractivity contribution in [3.8, 4) is 5.75 Å². The Bertz CT molecular complexity index is 1080. The summed E-state index contributed by atoms with van der Waals surface area (Å²) in [4.78, 5) is 35.3. The van der Waals surface area contributed by atoms with E-state index in [2.05, 4.69) is 15.3 Å². The molecule has 0 bridgehead atoms. The molecule has 1 fully saturated rings. The Morgan fingerprint density at radius 2 is 2.03 bits per heavy atom. The van der Waals surface area contributed by atoms with Crippen molar-refractivity contribution in [3.63, 3.8) is 0 Å². The summed E-state index contributed by atoms with van der Waals surface area (Å²) in [6.45, 7) is -0.740. The molecule has 2 aliphatic rings. The number of nitrogens with one attached hydrogen (secondary N) is 2. The number of amides is 2. The lowest BCUT2D eigenvalue weighted by atomic mass is 10.1. The van der Waals surface area contributed by atoms with E-state index in [0.29, 0.717) is 11.4 Å². The van der Waals surface area contributed by atoms with Crippen molar-refractivity contribution in [3.05, 3.63) is 30.0 Å². The molecule has 1 aliphatic heterocycles. The number of hydrogen-bond acceptors (Lipinski definition) is 8. The van der Waals surface area contributed by atoms with E-state index < -0.39 is 24.3 Å². The van der Waals surface area contributed by atoms with Gasteiger partial charge in [-0.1, -0.05) is 12.8 Å². The van der Waals surface area contributed by atoms with Crippen LogP contribution in [0.1, 0.15) is 36.0 Å². The van der Waals surface area contributed by atoms with E-state index in [1.165, 1.54) is 37.4 Å². The fraction of sp³-hybridized carbons (Fsp3) is 0.429. The topological polar surface area (TPSA) is 126 Å². The van der Waals surface area contributed by atoms with Crippen LogP contribution in [-0.4, -0.2) is 54.4 Å². The van der Waals surface area contributed by atoms with Crippen LogP contribution in [0.2, 0.25) is 0 Å². The number of benzene rings is 1. The highest BCUT2D eigenvalue weighted by Crippen LogP contribution is 2.40. The predicted octanol–water partition coefficient (Wildman–Crippen LogP) is 2.19. The highest BCUT2D eigenvalue weighted by molar-refractivity contribution is 6.02. The molecular weight excluding hydrogens is 436 g/mol. The van der Waals surface area contributed by atoms with Gasteiger partial charge in [0.25, 0.3) is 11.8 Å². The molecule has 33 heavy (non-hydrogen) atoms. The molecular formula is C21H25F2N7O3. The molecule has 2 aromatic rings. The first-order valence-corrected chi connectivity index (χ1v) is 10.5. The van der Waals surface area contributed by atoms with Crippen LogP contribution in [0.5, 0.6) is 5.75 Å². The Hall–Kier alpha value is -3.54. The van der Waals surface area contributed by atoms with Gasteiger partial charge in [0.1, 0.15) is 11.4 Å². The molecule has 12 heteroatoms. The average molecular weight is 461 g/mol. The number of carbonyl (C=O) groups is 2. The molecule has 2 heterocycles. The summed E-state index contributed by atoms with van der Waals surface area (Å²) >= 11 is 0. The van der Waals surface area contributed by atoms with Crippen molar-refractivity contribution in [2.75, 3.05) is 35.8 Å². The molecule has 0 unspecified atom stereocenters. The summed E-state index contributed by atoms with van der Waals surface area (Å²) in [6, 6.07) is 4.48. The van der Waals surface area contributed by atoms with Gasteiger partial charge in [0, 0.05) is 18.7 Å². The molecule has 1 aromatic heterocycles. The predicted molar refractivity (Wildman–Crippen MR) is 118 cm³/mol. The minimum absolute atomic E-state index is 0.136. The molecule has 2 amide bonds. The van der Waals surface area contributed by atoms with Crippen LogP contribution in [0.15, 0.2) is 24.4 Å². The van der Waals surface area contributed by atoms with E-state index in [1.54, 1.807) is 6.07 Å². The molecule has 1 aliphatic carbocycles. The molecule has 0 radical (unpaired) electrons. The third-order valence-electron chi connectivity index (χ3n) is 5.98. The third-order valence-corrected chi connectivity index (χ3v) is 5.98. The molecule has 4 N–H and O–H groups in total. The Balaban J connectivity index is 1.72. The monoisotopic (exact) mass is 461 g/mol. The minimum Gasteiger partial charge on any atom is -0.495 e. The quantitative estimate of drug-likeness (QED) is 0.352. The van der Waals surface area contributed by atoms with Crippen molar-refractivity contribution < 1.29 is 23.1 Å². The smallest absolute Gasteiger partial charge is 0.342 e. The van der Waals surface area contributed by atoms with Gasteiger partial charge in [0.15, 0.2) is 5.82 Å². The third kappa shape index (κ3) is 4.25. The summed E-state index contributed by atoms with van der Waals surface area (Å²) in [5, 5.41) is 3.01. The van der Waals surface area contributed by atoms with E-state index in [9.17, 15) is 18.4 Å². The number of halogens is 2. The minimum atomic E-state index is -3.55. The number of alkyl halides is 2. The number of fused-ring (bicyclic) bond motifs is 1. The molecule has 1 saturated carbocycles. The van der Waals surface area contributed by atoms with Crippen LogP contribution < -0.4 is 31.1 Å². The highest BCUT2D eigenvalue weighted by atomic mass is 19.3. The van der Waals surface area contributed by atoms with E-state index in [-0.39, 0.29) is 29.1 Å². The first kappa shape index (κ1) is 22.6. The zero-order valence-electron chi connectivity index (χ0n) is 18.3. The first-order valence-electron chi connectivity index (χ1n) is 10.5. The first-order chi connectivity index (χ1) is 15.7. The van der Waals surface area contributed by atoms with E-state index in [0.717, 1.165) is 30.6 Å². The standard InChI is InChI=1S/C21H25F2N7O3/c1-29-15-10-25-20(26-14-8-7-12(18(31)28-24)9-16(14)33-2)27-17(15)30(13-5-3-4-6-13)11-21(22,23)19(29)32/h7-10,13H,3-6,11,24H2,1-2H3,(H,28,31)(H,25,26,27). The van der Waals surface area contributed by atoms with Gasteiger partial charge < -0.3 is 19.9 Å². The van der Waals surface area contributed by atoms with Gasteiger partial charge in [-0.3, -0.25) is 15.0 Å². The molecule has 4 rings (SSSR count). The Labute approximate surface area is 189 Å². The lowest BCUT2D eigenvalue weighted by Crippen LogP contribution is -2.48. The molecule has 0 spiro atoms. The normalized spacial score (nSPS) is 18.0. The number of hydrogen-bond donors (Lipinski definition) is 3. The van der Waals surface area contributed by atoms with Gasteiger partial charge >= 0.3 is 5.92 Å². The van der Waals surface area contributed by atoms with Crippen LogP contribution in [0.4, 0.5) is 31.9 Å². The number of nitrogens with zero attached hydrogens (tertiary/aromatic N) is 4. The molecule has 10 nitrogen and oxygen atoms in total. The molecule has 0 atom stereocenters. The van der Waals surface area contributed by atoms with Gasteiger partial charge in [-0.15, -0.1) is 0 Å². The van der Waals surface area contributed by atoms with Crippen molar-refractivity contribution in [1.82, 2.24) is 15.4 Å². The maximum atomic E-state index is 14.7. The maximum absolute atomic E-state index is 14.7. The van der Waals surface area contributed by atoms with Crippen molar-refractivity contribution in [2.24, 2.45) is 5.84 Å². The van der Waals surface area contributed by atoms with Crippen molar-refractivity contribution >= 4 is 35.0 Å². The Morgan fingerprint density at radius 3 is 2.70 bits per heavy atom. The van der Waals surface area contributed by atoms with Gasteiger partial charge in [-0.25, -0.2) is 10.8 Å². The van der Waals surface area contributed by atoms with Crippen LogP contribution in [0.3, 0.4) is 0 Å². The number of methoxy groups -OCH3 is 1. The van der Waals surface area contributed by atoms with E-state index in [1.807, 2.05) is 5.43 Å². The number of ether oxygens (including phenoxy) is 1. The zero-order chi connectivity index (χ0) is 23.8. The van der Waals surface area contributed by atoms with Gasteiger partial charge in [0.05, 0.1) is 25.5 Å². The number of anilines is 4. The number of nitrogens with two attached hydrogens (primary N) is 1. The van der Waals surface area contributed by atoms with Crippen molar-refractivity contribution in [2.45, 2.75) is 37.6 Å². The fourth-order valence-corrected chi connectivity index (χ4v) is 4.24.